The molecule has 1 aromatic rings. The molecule has 1 rings (SSSR count). The minimum Gasteiger partial charge on any atom is -0.480 e. The van der Waals surface area contributed by atoms with E-state index in [2.05, 4.69) is 20.8 Å². The van der Waals surface area contributed by atoms with Gasteiger partial charge < -0.3 is 41.2 Å². The lowest BCUT2D eigenvalue weighted by molar-refractivity contribution is -0.141. The molecule has 0 saturated heterocycles. The van der Waals surface area contributed by atoms with Gasteiger partial charge in [0.05, 0.1) is 18.3 Å². The molecule has 6 atom stereocenters. The maximum absolute atomic E-state index is 11.9. The van der Waals surface area contributed by atoms with Crippen molar-refractivity contribution in [3.8, 4) is 0 Å². The number of nitrogens with two attached hydrogens (primary N) is 1. The van der Waals surface area contributed by atoms with Gasteiger partial charge in [0.1, 0.15) is 12.1 Å². The minimum atomic E-state index is -1.54. The fourth-order valence-electron chi connectivity index (χ4n) is 1.81. The summed E-state index contributed by atoms with van der Waals surface area (Å²) in [5.41, 5.74) is 5.66. The molecule has 0 aromatic carbocycles. The summed E-state index contributed by atoms with van der Waals surface area (Å²) in [6.45, 7) is 3.97. The first-order valence-electron chi connectivity index (χ1n) is 7.47. The van der Waals surface area contributed by atoms with Crippen LogP contribution in [0.1, 0.15) is 44.6 Å². The molecular weight excluding hydrogens is 338 g/mol. The first-order valence-corrected chi connectivity index (χ1v) is 7.47. The average Bonchev–Trinajstić information content (AvgIpc) is 2.97. The van der Waals surface area contributed by atoms with E-state index in [4.69, 9.17) is 15.3 Å². The number of urea groups is 1. The normalized spacial score (nSPS) is 18.5. The van der Waals surface area contributed by atoms with Crippen molar-refractivity contribution in [1.82, 2.24) is 20.8 Å². The van der Waals surface area contributed by atoms with Crippen LogP contribution in [0.5, 0.6) is 0 Å². The van der Waals surface area contributed by atoms with E-state index in [-0.39, 0.29) is 11.8 Å². The zero-order chi connectivity index (χ0) is 19.3. The van der Waals surface area contributed by atoms with Gasteiger partial charge in [0.25, 0.3) is 0 Å². The molecule has 2 amide bonds. The van der Waals surface area contributed by atoms with Gasteiger partial charge in [-0.3, -0.25) is 0 Å². The van der Waals surface area contributed by atoms with Crippen LogP contribution in [0.3, 0.4) is 0 Å². The first-order chi connectivity index (χ1) is 11.5. The molecular formula is C13H23N5O7. The second kappa shape index (κ2) is 8.71. The van der Waals surface area contributed by atoms with E-state index in [9.17, 15) is 24.9 Å². The fourth-order valence-corrected chi connectivity index (χ4v) is 1.81. The molecule has 3 unspecified atom stereocenters. The molecule has 142 valence electrons. The Kier molecular flexibility index (Phi) is 7.23. The molecule has 1 heterocycles. The monoisotopic (exact) mass is 361 g/mol. The molecule has 0 bridgehead atoms. The summed E-state index contributed by atoms with van der Waals surface area (Å²) < 4.78 is 5.26. The SMILES string of the molecule is CC(O)[C@H](NC(=O)N[C@H](c1nnc([C@@H](N)C(C)O)o1)C(C)O)C(=O)O. The van der Waals surface area contributed by atoms with Crippen molar-refractivity contribution >= 4 is 12.0 Å². The Hall–Kier alpha value is -2.28. The van der Waals surface area contributed by atoms with Crippen LogP contribution in [0.2, 0.25) is 0 Å². The summed E-state index contributed by atoms with van der Waals surface area (Å²) in [7, 11) is 0. The van der Waals surface area contributed by atoms with Crippen LogP contribution in [0.25, 0.3) is 0 Å². The van der Waals surface area contributed by atoms with Crippen LogP contribution < -0.4 is 16.4 Å². The second-order valence-corrected chi connectivity index (χ2v) is 5.64. The van der Waals surface area contributed by atoms with Gasteiger partial charge in [-0.25, -0.2) is 9.59 Å². The molecule has 25 heavy (non-hydrogen) atoms. The summed E-state index contributed by atoms with van der Waals surface area (Å²) in [5.74, 6) is -1.70. The maximum Gasteiger partial charge on any atom is 0.328 e. The number of aromatic nitrogens is 2. The van der Waals surface area contributed by atoms with Gasteiger partial charge in [-0.05, 0) is 20.8 Å². The summed E-state index contributed by atoms with van der Waals surface area (Å²) in [6.07, 6.45) is -3.47. The van der Waals surface area contributed by atoms with Crippen molar-refractivity contribution in [2.45, 2.75) is 57.2 Å². The van der Waals surface area contributed by atoms with E-state index in [0.717, 1.165) is 0 Å². The number of carbonyl (C=O) groups excluding carboxylic acids is 1. The number of carboxylic acid groups (broad SMARTS) is 1. The fraction of sp³-hybridized carbons (Fsp3) is 0.692. The number of nitrogens with one attached hydrogen (secondary N) is 2. The van der Waals surface area contributed by atoms with Crippen molar-refractivity contribution in [3.63, 3.8) is 0 Å². The Bertz CT molecular complexity index is 589. The van der Waals surface area contributed by atoms with Crippen molar-refractivity contribution in [2.24, 2.45) is 5.73 Å². The molecule has 0 aliphatic carbocycles. The van der Waals surface area contributed by atoms with Crippen molar-refractivity contribution in [2.75, 3.05) is 0 Å². The van der Waals surface area contributed by atoms with Crippen LogP contribution in [0.15, 0.2) is 4.42 Å². The van der Waals surface area contributed by atoms with Crippen LogP contribution >= 0.6 is 0 Å². The molecule has 12 heteroatoms. The number of amides is 2. The van der Waals surface area contributed by atoms with Gasteiger partial charge in [0.15, 0.2) is 6.04 Å². The molecule has 0 aliphatic heterocycles. The lowest BCUT2D eigenvalue weighted by atomic mass is 10.1. The zero-order valence-corrected chi connectivity index (χ0v) is 13.9. The van der Waals surface area contributed by atoms with Gasteiger partial charge >= 0.3 is 12.0 Å². The maximum atomic E-state index is 11.9. The van der Waals surface area contributed by atoms with E-state index in [0.29, 0.717) is 0 Å². The zero-order valence-electron chi connectivity index (χ0n) is 13.9. The van der Waals surface area contributed by atoms with Crippen LogP contribution in [0.4, 0.5) is 4.79 Å². The number of aliphatic hydroxyl groups excluding tert-OH is 3. The summed E-state index contributed by atoms with van der Waals surface area (Å²) >= 11 is 0. The second-order valence-electron chi connectivity index (χ2n) is 5.64. The number of rotatable bonds is 8. The molecule has 0 spiro atoms. The molecule has 0 fully saturated rings. The summed E-state index contributed by atoms with van der Waals surface area (Å²) in [6, 6.07) is -4.63. The molecule has 1 aromatic heterocycles. The Balaban J connectivity index is 2.87. The van der Waals surface area contributed by atoms with Gasteiger partial charge in [-0.2, -0.15) is 0 Å². The van der Waals surface area contributed by atoms with E-state index >= 15 is 0 Å². The third-order valence-corrected chi connectivity index (χ3v) is 3.33. The number of carbonyl (C=O) groups is 2. The van der Waals surface area contributed by atoms with Gasteiger partial charge in [-0.15, -0.1) is 10.2 Å². The number of aliphatic hydroxyl groups is 3. The molecule has 0 aliphatic rings. The Morgan fingerprint density at radius 3 is 2.00 bits per heavy atom. The van der Waals surface area contributed by atoms with E-state index < -0.39 is 48.4 Å². The van der Waals surface area contributed by atoms with Crippen molar-refractivity contribution in [3.05, 3.63) is 11.8 Å². The van der Waals surface area contributed by atoms with Crippen LogP contribution in [0, 0.1) is 0 Å². The highest BCUT2D eigenvalue weighted by Gasteiger charge is 2.30. The number of carboxylic acids is 1. The Morgan fingerprint density at radius 1 is 1.00 bits per heavy atom. The van der Waals surface area contributed by atoms with E-state index in [1.54, 1.807) is 0 Å². The third kappa shape index (κ3) is 5.63. The van der Waals surface area contributed by atoms with Crippen molar-refractivity contribution < 1.29 is 34.4 Å². The summed E-state index contributed by atoms with van der Waals surface area (Å²) in [5, 5.41) is 49.2. The van der Waals surface area contributed by atoms with Gasteiger partial charge in [0, 0.05) is 0 Å². The Morgan fingerprint density at radius 2 is 1.56 bits per heavy atom. The van der Waals surface area contributed by atoms with Gasteiger partial charge in [-0.1, -0.05) is 0 Å². The number of nitrogens with zero attached hydrogens (tertiary/aromatic N) is 2. The minimum absolute atomic E-state index is 0.0924. The number of hydrogen-bond donors (Lipinski definition) is 7. The highest BCUT2D eigenvalue weighted by molar-refractivity contribution is 5.83. The van der Waals surface area contributed by atoms with Crippen molar-refractivity contribution in [1.29, 1.82) is 0 Å². The predicted molar refractivity (Wildman–Crippen MR) is 82.1 cm³/mol. The Labute approximate surface area is 143 Å². The lowest BCUT2D eigenvalue weighted by Crippen LogP contribution is -2.52. The molecule has 8 N–H and O–H groups in total. The third-order valence-electron chi connectivity index (χ3n) is 3.33. The number of hydrogen-bond acceptors (Lipinski definition) is 9. The largest absolute Gasteiger partial charge is 0.480 e. The van der Waals surface area contributed by atoms with Gasteiger partial charge in [0.2, 0.25) is 11.8 Å². The standard InChI is InChI=1S/C13H23N5O7/c1-4(19)7(14)10-17-18-11(25-10)8(5(2)20)15-13(24)16-9(6(3)21)12(22)23/h4-9,19-21H,14H2,1-3H3,(H,22,23)(H2,15,16,24)/t4?,5?,6?,7-,8-,9-/m0/s1. The topological polar surface area (TPSA) is 204 Å². The highest BCUT2D eigenvalue weighted by atomic mass is 16.4. The molecule has 0 radical (unpaired) electrons. The average molecular weight is 361 g/mol. The highest BCUT2D eigenvalue weighted by Crippen LogP contribution is 2.19. The lowest BCUT2D eigenvalue weighted by Gasteiger charge is -2.21. The van der Waals surface area contributed by atoms with Crippen LogP contribution in [-0.4, -0.2) is 67.0 Å². The molecule has 0 saturated carbocycles. The smallest absolute Gasteiger partial charge is 0.328 e. The van der Waals surface area contributed by atoms with E-state index in [1.165, 1.54) is 20.8 Å². The number of aliphatic carboxylic acids is 1. The quantitative estimate of drug-likeness (QED) is 0.271. The predicted octanol–water partition coefficient (Wildman–Crippen LogP) is -1.99. The van der Waals surface area contributed by atoms with Crippen LogP contribution in [-0.2, 0) is 4.79 Å². The van der Waals surface area contributed by atoms with E-state index in [1.807, 2.05) is 0 Å². The molecule has 12 nitrogen and oxygen atoms in total. The summed E-state index contributed by atoms with van der Waals surface area (Å²) in [4.78, 5) is 22.9. The first kappa shape index (κ1) is 20.8.